The number of nitrogens with zero attached hydrogens (tertiary/aromatic N) is 1. The van der Waals surface area contributed by atoms with Crippen molar-refractivity contribution < 1.29 is 26.2 Å². The van der Waals surface area contributed by atoms with E-state index >= 15 is 0 Å². The third kappa shape index (κ3) is 3.21. The number of rotatable bonds is 3. The quantitative estimate of drug-likeness (QED) is 0.783. The molecule has 0 aliphatic carbocycles. The number of carbonyl (C=O) groups excluding carboxylic acids is 1. The Morgan fingerprint density at radius 1 is 1.20 bits per heavy atom. The smallest absolute Gasteiger partial charge is 0.339 e. The van der Waals surface area contributed by atoms with Crippen LogP contribution in [0.15, 0.2) is 41.3 Å². The van der Waals surface area contributed by atoms with Crippen molar-refractivity contribution in [3.63, 3.8) is 0 Å². The van der Waals surface area contributed by atoms with E-state index in [1.807, 2.05) is 6.92 Å². The Hall–Kier alpha value is -2.48. The lowest BCUT2D eigenvalue weighted by atomic mass is 10.1. The highest BCUT2D eigenvalue weighted by molar-refractivity contribution is 7.87. The molecule has 1 heterocycles. The number of hydrogen-bond donors (Lipinski definition) is 0. The fourth-order valence-electron chi connectivity index (χ4n) is 2.95. The fraction of sp³-hybridized carbons (Fsp3) is 0.235. The summed E-state index contributed by atoms with van der Waals surface area (Å²) in [5.41, 5.74) is 1.33. The van der Waals surface area contributed by atoms with Gasteiger partial charge in [0.25, 0.3) is 0 Å². The molecular formula is C17H15F2NO4S. The predicted molar refractivity (Wildman–Crippen MR) is 86.9 cm³/mol. The number of anilines is 1. The van der Waals surface area contributed by atoms with Gasteiger partial charge < -0.3 is 9.08 Å². The highest BCUT2D eigenvalue weighted by Crippen LogP contribution is 2.34. The highest BCUT2D eigenvalue weighted by atomic mass is 32.2. The van der Waals surface area contributed by atoms with Crippen LogP contribution in [0.4, 0.5) is 14.5 Å². The van der Waals surface area contributed by atoms with E-state index < -0.39 is 27.5 Å². The molecule has 1 aliphatic heterocycles. The molecule has 0 bridgehead atoms. The first-order valence-corrected chi connectivity index (χ1v) is 8.92. The van der Waals surface area contributed by atoms with Gasteiger partial charge >= 0.3 is 10.1 Å². The Bertz CT molecular complexity index is 959. The summed E-state index contributed by atoms with van der Waals surface area (Å²) >= 11 is 0. The van der Waals surface area contributed by atoms with Crippen molar-refractivity contribution in [2.45, 2.75) is 31.2 Å². The maximum Gasteiger partial charge on any atom is 0.339 e. The summed E-state index contributed by atoms with van der Waals surface area (Å²) in [5.74, 6) is -2.66. The second-order valence-corrected chi connectivity index (χ2v) is 7.39. The van der Waals surface area contributed by atoms with E-state index in [1.54, 1.807) is 4.90 Å². The summed E-state index contributed by atoms with van der Waals surface area (Å²) < 4.78 is 56.1. The molecule has 1 atom stereocenters. The lowest BCUT2D eigenvalue weighted by molar-refractivity contribution is -0.116. The van der Waals surface area contributed by atoms with Crippen molar-refractivity contribution in [2.75, 3.05) is 4.90 Å². The molecule has 8 heteroatoms. The molecule has 0 aromatic heterocycles. The first-order valence-electron chi connectivity index (χ1n) is 7.51. The molecule has 1 unspecified atom stereocenters. The van der Waals surface area contributed by atoms with Crippen LogP contribution < -0.4 is 9.08 Å². The lowest BCUT2D eigenvalue weighted by Crippen LogP contribution is -2.33. The first kappa shape index (κ1) is 17.3. The minimum atomic E-state index is -4.29. The summed E-state index contributed by atoms with van der Waals surface area (Å²) in [6.07, 6.45) is 0.503. The molecule has 132 valence electrons. The normalized spacial score (nSPS) is 16.6. The molecule has 3 rings (SSSR count). The van der Waals surface area contributed by atoms with Gasteiger partial charge in [0, 0.05) is 24.7 Å². The number of hydrogen-bond acceptors (Lipinski definition) is 4. The second-order valence-electron chi connectivity index (χ2n) is 5.84. The van der Waals surface area contributed by atoms with E-state index in [0.29, 0.717) is 23.7 Å². The van der Waals surface area contributed by atoms with Gasteiger partial charge in [-0.25, -0.2) is 8.78 Å². The number of amides is 1. The maximum atomic E-state index is 13.6. The van der Waals surface area contributed by atoms with Crippen molar-refractivity contribution in [2.24, 2.45) is 0 Å². The summed E-state index contributed by atoms with van der Waals surface area (Å²) in [6.45, 7) is 3.30. The van der Waals surface area contributed by atoms with Gasteiger partial charge in [-0.2, -0.15) is 8.42 Å². The summed E-state index contributed by atoms with van der Waals surface area (Å²) in [7, 11) is -4.29. The molecule has 2 aromatic carbocycles. The van der Waals surface area contributed by atoms with Gasteiger partial charge in [0.15, 0.2) is 11.6 Å². The molecule has 1 amide bonds. The zero-order valence-corrected chi connectivity index (χ0v) is 14.3. The minimum absolute atomic E-state index is 0.0825. The van der Waals surface area contributed by atoms with E-state index in [-0.39, 0.29) is 16.8 Å². The molecule has 5 nitrogen and oxygen atoms in total. The molecular weight excluding hydrogens is 352 g/mol. The van der Waals surface area contributed by atoms with Gasteiger partial charge in [0.2, 0.25) is 5.91 Å². The van der Waals surface area contributed by atoms with Crippen LogP contribution in [-0.2, 0) is 21.3 Å². The Morgan fingerprint density at radius 3 is 2.56 bits per heavy atom. The number of fused-ring (bicyclic) bond motifs is 1. The van der Waals surface area contributed by atoms with Crippen LogP contribution in [-0.4, -0.2) is 20.4 Å². The third-order valence-electron chi connectivity index (χ3n) is 3.99. The van der Waals surface area contributed by atoms with Crippen molar-refractivity contribution >= 4 is 21.7 Å². The molecule has 0 spiro atoms. The molecule has 0 radical (unpaired) electrons. The zero-order valence-electron chi connectivity index (χ0n) is 13.5. The Morgan fingerprint density at radius 2 is 1.92 bits per heavy atom. The van der Waals surface area contributed by atoms with Crippen LogP contribution in [0.2, 0.25) is 0 Å². The molecule has 25 heavy (non-hydrogen) atoms. The summed E-state index contributed by atoms with van der Waals surface area (Å²) in [5, 5.41) is 0. The van der Waals surface area contributed by atoms with Crippen LogP contribution in [0.5, 0.6) is 5.75 Å². The average molecular weight is 367 g/mol. The fourth-order valence-corrected chi connectivity index (χ4v) is 3.94. The largest absolute Gasteiger partial charge is 0.376 e. The molecule has 0 N–H and O–H groups in total. The van der Waals surface area contributed by atoms with Gasteiger partial charge in [-0.05, 0) is 49.2 Å². The highest BCUT2D eigenvalue weighted by Gasteiger charge is 2.30. The Labute approximate surface area is 144 Å². The Balaban J connectivity index is 1.94. The van der Waals surface area contributed by atoms with Crippen molar-refractivity contribution in [3.05, 3.63) is 53.6 Å². The van der Waals surface area contributed by atoms with E-state index in [4.69, 9.17) is 4.18 Å². The zero-order chi connectivity index (χ0) is 18.4. The van der Waals surface area contributed by atoms with Crippen molar-refractivity contribution in [1.29, 1.82) is 0 Å². The van der Waals surface area contributed by atoms with Gasteiger partial charge in [0.05, 0.1) is 0 Å². The number of benzene rings is 2. The summed E-state index contributed by atoms with van der Waals surface area (Å²) in [4.78, 5) is 13.1. The molecule has 2 aromatic rings. The van der Waals surface area contributed by atoms with Gasteiger partial charge in [-0.15, -0.1) is 0 Å². The lowest BCUT2D eigenvalue weighted by Gasteiger charge is -2.20. The van der Waals surface area contributed by atoms with E-state index in [0.717, 1.165) is 12.1 Å². The van der Waals surface area contributed by atoms with Crippen LogP contribution in [0.3, 0.4) is 0 Å². The molecule has 0 saturated heterocycles. The van der Waals surface area contributed by atoms with E-state index in [2.05, 4.69) is 0 Å². The van der Waals surface area contributed by atoms with Gasteiger partial charge in [-0.3, -0.25) is 4.79 Å². The van der Waals surface area contributed by atoms with E-state index in [1.165, 1.54) is 25.1 Å². The summed E-state index contributed by atoms with van der Waals surface area (Å²) in [6, 6.07) is 6.51. The van der Waals surface area contributed by atoms with Crippen LogP contribution in [0.1, 0.15) is 19.4 Å². The van der Waals surface area contributed by atoms with Crippen LogP contribution in [0.25, 0.3) is 0 Å². The third-order valence-corrected chi connectivity index (χ3v) is 5.22. The molecule has 0 saturated carbocycles. The maximum absolute atomic E-state index is 13.6. The van der Waals surface area contributed by atoms with Crippen LogP contribution >= 0.6 is 0 Å². The monoisotopic (exact) mass is 367 g/mol. The minimum Gasteiger partial charge on any atom is -0.376 e. The SMILES string of the molecule is CC(=O)N1c2ccc(S(=O)(=O)Oc3ccc(F)cc3F)cc2CC1C. The standard InChI is InChI=1S/C17H15F2NO4S/c1-10-7-12-8-14(4-5-16(12)20(10)11(2)21)25(22,23)24-17-6-3-13(18)9-15(17)19/h3-6,8-10H,7H2,1-2H3. The van der Waals surface area contributed by atoms with Crippen molar-refractivity contribution in [1.82, 2.24) is 0 Å². The predicted octanol–water partition coefficient (Wildman–Crippen LogP) is 3.03. The molecule has 1 aliphatic rings. The second kappa shape index (κ2) is 6.11. The van der Waals surface area contributed by atoms with E-state index in [9.17, 15) is 22.0 Å². The average Bonchev–Trinajstić information content (AvgIpc) is 2.85. The number of halogens is 2. The molecule has 0 fully saturated rings. The van der Waals surface area contributed by atoms with Gasteiger partial charge in [0.1, 0.15) is 10.7 Å². The number of carbonyl (C=O) groups is 1. The van der Waals surface area contributed by atoms with Crippen molar-refractivity contribution in [3.8, 4) is 5.75 Å². The topological polar surface area (TPSA) is 63.7 Å². The van der Waals surface area contributed by atoms with Gasteiger partial charge in [-0.1, -0.05) is 0 Å². The van der Waals surface area contributed by atoms with Crippen LogP contribution in [0, 0.1) is 11.6 Å². The first-order chi connectivity index (χ1) is 11.7. The Kier molecular flexibility index (Phi) is 4.24.